The Morgan fingerprint density at radius 1 is 1.17 bits per heavy atom. The van der Waals surface area contributed by atoms with Gasteiger partial charge in [0.25, 0.3) is 0 Å². The number of hydrogen-bond donors (Lipinski definition) is 0. The number of aromatic nitrogens is 1. The summed E-state index contributed by atoms with van der Waals surface area (Å²) in [4.78, 5) is 18.8. The maximum Gasteiger partial charge on any atom is 0.223 e. The Labute approximate surface area is 151 Å². The highest BCUT2D eigenvalue weighted by Gasteiger charge is 2.30. The van der Waals surface area contributed by atoms with E-state index in [4.69, 9.17) is 0 Å². The highest BCUT2D eigenvalue weighted by atomic mass is 32.2. The van der Waals surface area contributed by atoms with Gasteiger partial charge in [0.05, 0.1) is 0 Å². The van der Waals surface area contributed by atoms with Crippen molar-refractivity contribution >= 4 is 17.7 Å². The van der Waals surface area contributed by atoms with Crippen molar-refractivity contribution in [2.75, 3.05) is 12.3 Å². The van der Waals surface area contributed by atoms with Gasteiger partial charge in [-0.05, 0) is 12.5 Å². The van der Waals surface area contributed by atoms with Crippen LogP contribution in [0.4, 0.5) is 0 Å². The third-order valence-corrected chi connectivity index (χ3v) is 5.94. The summed E-state index contributed by atoms with van der Waals surface area (Å²) < 4.78 is 0. The molecule has 134 valence electrons. The lowest BCUT2D eigenvalue weighted by Gasteiger charge is -2.24. The summed E-state index contributed by atoms with van der Waals surface area (Å²) >= 11 is 1.85. The molecular weight excluding hydrogens is 316 g/mol. The molecule has 2 rings (SSSR count). The van der Waals surface area contributed by atoms with Gasteiger partial charge in [-0.1, -0.05) is 64.4 Å². The Hall–Kier alpha value is -1.03. The van der Waals surface area contributed by atoms with Crippen molar-refractivity contribution in [3.05, 3.63) is 30.1 Å². The average Bonchev–Trinajstić information content (AvgIpc) is 3.11. The number of amides is 1. The largest absolute Gasteiger partial charge is 0.326 e. The molecule has 0 aliphatic carbocycles. The highest BCUT2D eigenvalue weighted by Crippen LogP contribution is 2.37. The van der Waals surface area contributed by atoms with Crippen LogP contribution in [0, 0.1) is 0 Å². The van der Waals surface area contributed by atoms with Crippen molar-refractivity contribution in [1.29, 1.82) is 0 Å². The molecule has 0 spiro atoms. The number of nitrogens with zero attached hydrogens (tertiary/aromatic N) is 2. The molecule has 1 aromatic rings. The van der Waals surface area contributed by atoms with Crippen LogP contribution in [0.25, 0.3) is 0 Å². The lowest BCUT2D eigenvalue weighted by atomic mass is 10.1. The molecule has 1 atom stereocenters. The second-order valence-electron chi connectivity index (χ2n) is 6.68. The highest BCUT2D eigenvalue weighted by molar-refractivity contribution is 7.99. The Morgan fingerprint density at radius 2 is 1.88 bits per heavy atom. The number of hydrogen-bond acceptors (Lipinski definition) is 3. The van der Waals surface area contributed by atoms with Gasteiger partial charge in [-0.2, -0.15) is 0 Å². The summed E-state index contributed by atoms with van der Waals surface area (Å²) in [5, 5.41) is 0.171. The van der Waals surface area contributed by atoms with E-state index in [1.807, 2.05) is 28.9 Å². The molecule has 1 saturated heterocycles. The minimum atomic E-state index is 0.171. The van der Waals surface area contributed by atoms with Gasteiger partial charge in [0.15, 0.2) is 0 Å². The number of carbonyl (C=O) groups is 1. The zero-order valence-corrected chi connectivity index (χ0v) is 15.9. The summed E-state index contributed by atoms with van der Waals surface area (Å²) in [6.45, 7) is 3.13. The van der Waals surface area contributed by atoms with Crippen LogP contribution in [0.1, 0.15) is 82.1 Å². The Bertz CT molecular complexity index is 466. The molecule has 0 N–H and O–H groups in total. The quantitative estimate of drug-likeness (QED) is 0.490. The fraction of sp³-hybridized carbons (Fsp3) is 0.700. The first-order chi connectivity index (χ1) is 11.8. The van der Waals surface area contributed by atoms with Crippen LogP contribution in [0.5, 0.6) is 0 Å². The molecular formula is C20H32N2OS. The first-order valence-corrected chi connectivity index (χ1v) is 10.7. The average molecular weight is 349 g/mol. The van der Waals surface area contributed by atoms with Crippen LogP contribution < -0.4 is 0 Å². The molecule has 1 unspecified atom stereocenters. The minimum absolute atomic E-state index is 0.171. The van der Waals surface area contributed by atoms with Crippen molar-refractivity contribution in [2.24, 2.45) is 0 Å². The van der Waals surface area contributed by atoms with Crippen molar-refractivity contribution in [2.45, 2.75) is 76.5 Å². The Morgan fingerprint density at radius 3 is 2.54 bits per heavy atom. The van der Waals surface area contributed by atoms with Gasteiger partial charge in [-0.3, -0.25) is 9.78 Å². The van der Waals surface area contributed by atoms with Gasteiger partial charge in [0.1, 0.15) is 5.37 Å². The van der Waals surface area contributed by atoms with Crippen LogP contribution in [0.15, 0.2) is 24.5 Å². The maximum absolute atomic E-state index is 12.5. The second kappa shape index (κ2) is 11.5. The molecule has 1 fully saturated rings. The molecule has 1 aromatic heterocycles. The molecule has 3 nitrogen and oxygen atoms in total. The van der Waals surface area contributed by atoms with Crippen molar-refractivity contribution in [3.63, 3.8) is 0 Å². The van der Waals surface area contributed by atoms with Gasteiger partial charge in [-0.25, -0.2) is 0 Å². The predicted octanol–water partition coefficient (Wildman–Crippen LogP) is 5.58. The molecule has 0 aromatic carbocycles. The van der Waals surface area contributed by atoms with Gasteiger partial charge >= 0.3 is 0 Å². The third kappa shape index (κ3) is 6.46. The third-order valence-electron chi connectivity index (χ3n) is 4.68. The predicted molar refractivity (Wildman–Crippen MR) is 103 cm³/mol. The van der Waals surface area contributed by atoms with Crippen LogP contribution in [-0.4, -0.2) is 28.1 Å². The molecule has 1 aliphatic heterocycles. The smallest absolute Gasteiger partial charge is 0.223 e. The van der Waals surface area contributed by atoms with E-state index >= 15 is 0 Å². The topological polar surface area (TPSA) is 33.2 Å². The molecule has 0 saturated carbocycles. The standard InChI is InChI=1S/C20H32N2OS/c1-2-3-4-5-6-7-8-9-10-13-19(23)22-15-16-24-20(22)18-12-11-14-21-17-18/h11-12,14,17,20H,2-10,13,15-16H2,1H3. The molecule has 1 aliphatic rings. The maximum atomic E-state index is 12.5. The van der Waals surface area contributed by atoms with E-state index in [9.17, 15) is 4.79 Å². The number of pyridine rings is 1. The van der Waals surface area contributed by atoms with E-state index in [0.717, 1.165) is 24.3 Å². The van der Waals surface area contributed by atoms with Gasteiger partial charge in [-0.15, -0.1) is 11.8 Å². The number of unbranched alkanes of at least 4 members (excludes halogenated alkanes) is 8. The monoisotopic (exact) mass is 348 g/mol. The van der Waals surface area contributed by atoms with Crippen molar-refractivity contribution in [1.82, 2.24) is 9.88 Å². The number of carbonyl (C=O) groups excluding carboxylic acids is 1. The van der Waals surface area contributed by atoms with Crippen LogP contribution in [0.2, 0.25) is 0 Å². The number of rotatable bonds is 11. The SMILES string of the molecule is CCCCCCCCCCCC(=O)N1CCSC1c1cccnc1. The van der Waals surface area contributed by atoms with E-state index < -0.39 is 0 Å². The molecule has 0 bridgehead atoms. The van der Waals surface area contributed by atoms with Crippen molar-refractivity contribution < 1.29 is 4.79 Å². The Kier molecular flexibility index (Phi) is 9.26. The lowest BCUT2D eigenvalue weighted by molar-refractivity contribution is -0.131. The first-order valence-electron chi connectivity index (χ1n) is 9.64. The van der Waals surface area contributed by atoms with Crippen LogP contribution >= 0.6 is 11.8 Å². The molecule has 1 amide bonds. The summed E-state index contributed by atoms with van der Waals surface area (Å²) in [6.07, 6.45) is 16.0. The van der Waals surface area contributed by atoms with Crippen LogP contribution in [0.3, 0.4) is 0 Å². The summed E-state index contributed by atoms with van der Waals surface area (Å²) in [5.74, 6) is 1.35. The fourth-order valence-corrected chi connectivity index (χ4v) is 4.51. The number of thioether (sulfide) groups is 1. The second-order valence-corrected chi connectivity index (χ2v) is 7.86. The van der Waals surface area contributed by atoms with Crippen molar-refractivity contribution in [3.8, 4) is 0 Å². The van der Waals surface area contributed by atoms with E-state index in [1.54, 1.807) is 6.20 Å². The molecule has 4 heteroatoms. The zero-order valence-electron chi connectivity index (χ0n) is 15.1. The molecule has 0 radical (unpaired) electrons. The molecule has 2 heterocycles. The first kappa shape index (κ1) is 19.3. The van der Waals surface area contributed by atoms with Gasteiger partial charge < -0.3 is 4.90 Å². The van der Waals surface area contributed by atoms with Gasteiger partial charge in [0.2, 0.25) is 5.91 Å². The summed E-state index contributed by atoms with van der Waals surface area (Å²) in [6, 6.07) is 4.03. The van der Waals surface area contributed by atoms with Crippen LogP contribution in [-0.2, 0) is 4.79 Å². The normalized spacial score (nSPS) is 17.4. The minimum Gasteiger partial charge on any atom is -0.326 e. The molecule has 24 heavy (non-hydrogen) atoms. The van der Waals surface area contributed by atoms with E-state index in [-0.39, 0.29) is 5.37 Å². The van der Waals surface area contributed by atoms with E-state index in [2.05, 4.69) is 18.0 Å². The fourth-order valence-electron chi connectivity index (χ4n) is 3.25. The summed E-state index contributed by atoms with van der Waals surface area (Å²) in [7, 11) is 0. The van der Waals surface area contributed by atoms with E-state index in [0.29, 0.717) is 12.3 Å². The zero-order chi connectivity index (χ0) is 17.0. The van der Waals surface area contributed by atoms with E-state index in [1.165, 1.54) is 51.4 Å². The van der Waals surface area contributed by atoms with Gasteiger partial charge in [0, 0.05) is 36.7 Å². The summed E-state index contributed by atoms with van der Waals surface area (Å²) in [5.41, 5.74) is 1.15. The lowest BCUT2D eigenvalue weighted by Crippen LogP contribution is -2.30. The Balaban J connectivity index is 1.60.